The van der Waals surface area contributed by atoms with E-state index < -0.39 is 0 Å². The summed E-state index contributed by atoms with van der Waals surface area (Å²) in [5.74, 6) is 1.68. The summed E-state index contributed by atoms with van der Waals surface area (Å²) < 4.78 is 5.65. The number of nitrogens with two attached hydrogens (primary N) is 1. The van der Waals surface area contributed by atoms with Crippen LogP contribution in [0.25, 0.3) is 0 Å². The highest BCUT2D eigenvalue weighted by molar-refractivity contribution is 5.85. The highest BCUT2D eigenvalue weighted by atomic mass is 35.5. The molecule has 0 amide bonds. The van der Waals surface area contributed by atoms with Gasteiger partial charge in [0.05, 0.1) is 12.2 Å². The zero-order chi connectivity index (χ0) is 14.4. The Morgan fingerprint density at radius 1 is 1.09 bits per heavy atom. The van der Waals surface area contributed by atoms with Gasteiger partial charge in [-0.05, 0) is 25.8 Å². The Morgan fingerprint density at radius 3 is 2.32 bits per heavy atom. The molecule has 0 spiro atoms. The van der Waals surface area contributed by atoms with Gasteiger partial charge in [0.1, 0.15) is 5.76 Å². The Morgan fingerprint density at radius 2 is 1.77 bits per heavy atom. The third-order valence-corrected chi connectivity index (χ3v) is 3.44. The highest BCUT2D eigenvalue weighted by Gasteiger charge is 2.11. The smallest absolute Gasteiger partial charge is 0.208 e. The first-order valence-corrected chi connectivity index (χ1v) is 7.08. The summed E-state index contributed by atoms with van der Waals surface area (Å²) >= 11 is 0. The second-order valence-electron chi connectivity index (χ2n) is 5.05. The molecule has 22 heavy (non-hydrogen) atoms. The second kappa shape index (κ2) is 10.6. The van der Waals surface area contributed by atoms with Gasteiger partial charge < -0.3 is 10.2 Å². The average molecular weight is 346 g/mol. The van der Waals surface area contributed by atoms with Crippen LogP contribution >= 0.6 is 24.8 Å². The third kappa shape index (κ3) is 6.36. The van der Waals surface area contributed by atoms with Gasteiger partial charge in [-0.1, -0.05) is 30.3 Å². The molecule has 0 radical (unpaired) electrons. The van der Waals surface area contributed by atoms with Crippen LogP contribution in [0.15, 0.2) is 34.7 Å². The molecular formula is C16H25Cl2N3O. The maximum absolute atomic E-state index is 5.69. The number of halogens is 2. The first kappa shape index (κ1) is 20.9. The predicted octanol–water partition coefficient (Wildman–Crippen LogP) is 3.14. The summed E-state index contributed by atoms with van der Waals surface area (Å²) in [5, 5.41) is 0. The fraction of sp³-hybridized carbons (Fsp3) is 0.438. The Bertz CT molecular complexity index is 512. The highest BCUT2D eigenvalue weighted by Crippen LogP contribution is 2.11. The standard InChI is InChI=1S/C16H23N3O.2ClH/c1-13-14(2)20-16(18-13)12-19(11-9-17)10-8-15-6-4-3-5-7-15;;/h3-7H,8-12,17H2,1-2H3;2*1H. The molecule has 2 aromatic rings. The molecule has 6 heteroatoms. The SMILES string of the molecule is Cc1nc(CN(CCN)CCc2ccccc2)oc1C.Cl.Cl. The summed E-state index contributed by atoms with van der Waals surface area (Å²) in [6.45, 7) is 7.10. The molecule has 2 N–H and O–H groups in total. The molecule has 4 nitrogen and oxygen atoms in total. The monoisotopic (exact) mass is 345 g/mol. The van der Waals surface area contributed by atoms with Gasteiger partial charge in [0.15, 0.2) is 0 Å². The molecule has 0 aliphatic rings. The normalized spacial score (nSPS) is 10.2. The largest absolute Gasteiger partial charge is 0.444 e. The number of hydrogen-bond donors (Lipinski definition) is 1. The maximum atomic E-state index is 5.69. The molecule has 1 heterocycles. The lowest BCUT2D eigenvalue weighted by molar-refractivity contribution is 0.246. The van der Waals surface area contributed by atoms with Gasteiger partial charge in [-0.2, -0.15) is 0 Å². The summed E-state index contributed by atoms with van der Waals surface area (Å²) in [6, 6.07) is 10.5. The predicted molar refractivity (Wildman–Crippen MR) is 95.0 cm³/mol. The first-order chi connectivity index (χ1) is 9.69. The molecule has 0 saturated heterocycles. The molecule has 0 fully saturated rings. The van der Waals surface area contributed by atoms with Gasteiger partial charge in [0.25, 0.3) is 0 Å². The molecule has 0 saturated carbocycles. The van der Waals surface area contributed by atoms with E-state index in [-0.39, 0.29) is 24.8 Å². The molecule has 0 atom stereocenters. The van der Waals surface area contributed by atoms with Crippen molar-refractivity contribution in [3.05, 3.63) is 53.2 Å². The van der Waals surface area contributed by atoms with Gasteiger partial charge in [0, 0.05) is 19.6 Å². The number of benzene rings is 1. The topological polar surface area (TPSA) is 55.3 Å². The number of hydrogen-bond acceptors (Lipinski definition) is 4. The lowest BCUT2D eigenvalue weighted by Crippen LogP contribution is -2.31. The zero-order valence-electron chi connectivity index (χ0n) is 13.1. The van der Waals surface area contributed by atoms with Crippen molar-refractivity contribution in [3.63, 3.8) is 0 Å². The quantitative estimate of drug-likeness (QED) is 0.837. The minimum absolute atomic E-state index is 0. The molecule has 1 aromatic heterocycles. The van der Waals surface area contributed by atoms with Crippen LogP contribution in [0.2, 0.25) is 0 Å². The number of rotatable bonds is 7. The van der Waals surface area contributed by atoms with Crippen LogP contribution in [0, 0.1) is 13.8 Å². The van der Waals surface area contributed by atoms with Crippen LogP contribution in [-0.4, -0.2) is 29.5 Å². The fourth-order valence-electron chi connectivity index (χ4n) is 2.18. The number of aromatic nitrogens is 1. The van der Waals surface area contributed by atoms with Gasteiger partial charge in [0.2, 0.25) is 5.89 Å². The lowest BCUT2D eigenvalue weighted by atomic mass is 10.1. The second-order valence-corrected chi connectivity index (χ2v) is 5.05. The van der Waals surface area contributed by atoms with Crippen LogP contribution in [-0.2, 0) is 13.0 Å². The van der Waals surface area contributed by atoms with Gasteiger partial charge in [-0.25, -0.2) is 4.98 Å². The van der Waals surface area contributed by atoms with Crippen molar-refractivity contribution in [2.75, 3.05) is 19.6 Å². The maximum Gasteiger partial charge on any atom is 0.208 e. The van der Waals surface area contributed by atoms with E-state index in [4.69, 9.17) is 10.2 Å². The van der Waals surface area contributed by atoms with Crippen molar-refractivity contribution in [3.8, 4) is 0 Å². The molecule has 124 valence electrons. The first-order valence-electron chi connectivity index (χ1n) is 7.08. The fourth-order valence-corrected chi connectivity index (χ4v) is 2.18. The van der Waals surface area contributed by atoms with Crippen molar-refractivity contribution >= 4 is 24.8 Å². The Balaban J connectivity index is 0.00000220. The molecule has 0 aliphatic heterocycles. The minimum Gasteiger partial charge on any atom is -0.444 e. The van der Waals surface area contributed by atoms with E-state index in [0.717, 1.165) is 43.4 Å². The van der Waals surface area contributed by atoms with Gasteiger partial charge >= 0.3 is 0 Å². The molecular weight excluding hydrogens is 321 g/mol. The Kier molecular flexibility index (Phi) is 10.1. The van der Waals surface area contributed by atoms with Crippen molar-refractivity contribution in [2.24, 2.45) is 5.73 Å². The summed E-state index contributed by atoms with van der Waals surface area (Å²) in [6.07, 6.45) is 1.01. The molecule has 1 aromatic carbocycles. The van der Waals surface area contributed by atoms with Crippen LogP contribution < -0.4 is 5.73 Å². The summed E-state index contributed by atoms with van der Waals surface area (Å²) in [5.41, 5.74) is 8.00. The Hall–Kier alpha value is -1.07. The van der Waals surface area contributed by atoms with E-state index >= 15 is 0 Å². The zero-order valence-corrected chi connectivity index (χ0v) is 14.8. The summed E-state index contributed by atoms with van der Waals surface area (Å²) in [4.78, 5) is 6.73. The van der Waals surface area contributed by atoms with Crippen molar-refractivity contribution in [1.29, 1.82) is 0 Å². The lowest BCUT2D eigenvalue weighted by Gasteiger charge is -2.19. The molecule has 2 rings (SSSR count). The van der Waals surface area contributed by atoms with Crippen molar-refractivity contribution < 1.29 is 4.42 Å². The van der Waals surface area contributed by atoms with E-state index in [0.29, 0.717) is 6.54 Å². The molecule has 0 unspecified atom stereocenters. The minimum atomic E-state index is 0. The van der Waals surface area contributed by atoms with Gasteiger partial charge in [-0.3, -0.25) is 4.90 Å². The van der Waals surface area contributed by atoms with Crippen molar-refractivity contribution in [1.82, 2.24) is 9.88 Å². The number of aryl methyl sites for hydroxylation is 2. The number of oxazole rings is 1. The molecule has 0 aliphatic carbocycles. The summed E-state index contributed by atoms with van der Waals surface area (Å²) in [7, 11) is 0. The molecule has 0 bridgehead atoms. The van der Waals surface area contributed by atoms with Crippen LogP contribution in [0.1, 0.15) is 22.9 Å². The van der Waals surface area contributed by atoms with Crippen LogP contribution in [0.4, 0.5) is 0 Å². The van der Waals surface area contributed by atoms with Crippen molar-refractivity contribution in [2.45, 2.75) is 26.8 Å². The number of nitrogens with zero attached hydrogens (tertiary/aromatic N) is 2. The van der Waals surface area contributed by atoms with E-state index in [9.17, 15) is 0 Å². The van der Waals surface area contributed by atoms with E-state index in [1.54, 1.807) is 0 Å². The Labute approximate surface area is 144 Å². The van der Waals surface area contributed by atoms with Crippen LogP contribution in [0.3, 0.4) is 0 Å². The van der Waals surface area contributed by atoms with Gasteiger partial charge in [-0.15, -0.1) is 24.8 Å². The van der Waals surface area contributed by atoms with E-state index in [1.165, 1.54) is 5.56 Å². The average Bonchev–Trinajstić information content (AvgIpc) is 2.76. The third-order valence-electron chi connectivity index (χ3n) is 3.44. The van der Waals surface area contributed by atoms with E-state index in [2.05, 4.69) is 34.1 Å². The van der Waals surface area contributed by atoms with Crippen LogP contribution in [0.5, 0.6) is 0 Å². The van der Waals surface area contributed by atoms with E-state index in [1.807, 2.05) is 19.9 Å².